The van der Waals surface area contributed by atoms with E-state index < -0.39 is 0 Å². The molecule has 0 aliphatic carbocycles. The minimum absolute atomic E-state index is 0.0428. The highest BCUT2D eigenvalue weighted by Gasteiger charge is 2.19. The number of hydrogen-bond donors (Lipinski definition) is 0. The molecule has 0 N–H and O–H groups in total. The van der Waals surface area contributed by atoms with Crippen molar-refractivity contribution in [2.75, 3.05) is 26.5 Å². The Bertz CT molecular complexity index is 137. The maximum absolute atomic E-state index is 9.82. The largest absolute Gasteiger partial charge is 0.468 e. The third-order valence-corrected chi connectivity index (χ3v) is 5.52. The van der Waals surface area contributed by atoms with Gasteiger partial charge in [0.1, 0.15) is 0 Å². The molecule has 0 heterocycles. The van der Waals surface area contributed by atoms with Crippen LogP contribution >= 0.6 is 17.2 Å². The van der Waals surface area contributed by atoms with Gasteiger partial charge in [0.2, 0.25) is 0 Å². The van der Waals surface area contributed by atoms with Crippen LogP contribution in [0.3, 0.4) is 0 Å². The van der Waals surface area contributed by atoms with Gasteiger partial charge in [-0.3, -0.25) is 4.79 Å². The quantitative estimate of drug-likeness (QED) is 0.358. The van der Waals surface area contributed by atoms with Crippen molar-refractivity contribution in [2.45, 2.75) is 18.4 Å². The lowest BCUT2D eigenvalue weighted by molar-refractivity contribution is -0.129. The molecule has 3 nitrogen and oxygen atoms in total. The second-order valence-corrected chi connectivity index (χ2v) is 6.11. The highest BCUT2D eigenvalue weighted by Crippen LogP contribution is 2.43. The Morgan fingerprint density at radius 1 is 1.31 bits per heavy atom. The molecule has 0 saturated heterocycles. The smallest absolute Gasteiger partial charge is 0.293 e. The molecule has 0 rings (SSSR count). The lowest BCUT2D eigenvalue weighted by Gasteiger charge is -2.27. The maximum Gasteiger partial charge on any atom is 0.293 e. The summed E-state index contributed by atoms with van der Waals surface area (Å²) in [6.45, 7) is 8.04. The molecule has 0 bridgehead atoms. The number of rotatable bonds is 8. The minimum Gasteiger partial charge on any atom is -0.468 e. The molecule has 0 amide bonds. The van der Waals surface area contributed by atoms with Gasteiger partial charge in [0.05, 0.1) is 18.3 Å². The van der Waals surface area contributed by atoms with Crippen LogP contribution in [-0.4, -0.2) is 38.1 Å². The van der Waals surface area contributed by atoms with Crippen LogP contribution in [0.15, 0.2) is 0 Å². The summed E-state index contributed by atoms with van der Waals surface area (Å²) in [7, 11) is 1.59. The molecular formula is C8H18O3P2. The van der Waals surface area contributed by atoms with Gasteiger partial charge in [-0.25, -0.2) is 0 Å². The number of carbonyl (C=O) groups excluding carboxylic acids is 1. The molecule has 0 aliphatic rings. The van der Waals surface area contributed by atoms with E-state index in [4.69, 9.17) is 4.74 Å². The van der Waals surface area contributed by atoms with E-state index in [1.54, 1.807) is 0 Å². The summed E-state index contributed by atoms with van der Waals surface area (Å²) in [5.74, 6) is 0. The minimum atomic E-state index is 0.0428. The zero-order valence-corrected chi connectivity index (χ0v) is 10.4. The zero-order chi connectivity index (χ0) is 10.2. The Hall–Kier alpha value is 0.290. The molecule has 78 valence electrons. The second kappa shape index (κ2) is 7.67. The Morgan fingerprint density at radius 3 is 2.38 bits per heavy atom. The lowest BCUT2D eigenvalue weighted by atomic mass is 10.5. The standard InChI is InChI=1S/C8H18O3P2/c1-8(12-2,13-3)11-6-4-5-10-7-9/h7,12-13H,4-6H2,1-3H3. The van der Waals surface area contributed by atoms with Crippen molar-refractivity contribution in [3.63, 3.8) is 0 Å². The first-order valence-corrected chi connectivity index (χ1v) is 7.25. The first-order chi connectivity index (χ1) is 6.18. The molecule has 2 atom stereocenters. The van der Waals surface area contributed by atoms with E-state index in [0.717, 1.165) is 23.6 Å². The van der Waals surface area contributed by atoms with E-state index in [2.05, 4.69) is 25.0 Å². The molecule has 0 spiro atoms. The molecule has 0 radical (unpaired) electrons. The second-order valence-electron chi connectivity index (χ2n) is 2.70. The van der Waals surface area contributed by atoms with E-state index in [1.165, 1.54) is 0 Å². The first-order valence-electron chi connectivity index (χ1n) is 4.25. The van der Waals surface area contributed by atoms with Crippen molar-refractivity contribution < 1.29 is 14.3 Å². The average molecular weight is 224 g/mol. The van der Waals surface area contributed by atoms with E-state index >= 15 is 0 Å². The van der Waals surface area contributed by atoms with Crippen LogP contribution in [-0.2, 0) is 14.3 Å². The molecule has 0 fully saturated rings. The van der Waals surface area contributed by atoms with Crippen molar-refractivity contribution in [2.24, 2.45) is 0 Å². The van der Waals surface area contributed by atoms with Crippen molar-refractivity contribution >= 4 is 23.6 Å². The van der Waals surface area contributed by atoms with Crippen LogP contribution in [0.5, 0.6) is 0 Å². The van der Waals surface area contributed by atoms with Gasteiger partial charge in [-0.05, 0) is 20.3 Å². The van der Waals surface area contributed by atoms with Crippen LogP contribution in [0.2, 0.25) is 0 Å². The van der Waals surface area contributed by atoms with Crippen LogP contribution in [0.4, 0.5) is 0 Å². The Morgan fingerprint density at radius 2 is 1.92 bits per heavy atom. The summed E-state index contributed by atoms with van der Waals surface area (Å²) in [4.78, 5) is 9.82. The fourth-order valence-corrected chi connectivity index (χ4v) is 2.23. The van der Waals surface area contributed by atoms with Gasteiger partial charge in [0, 0.05) is 6.42 Å². The van der Waals surface area contributed by atoms with Gasteiger partial charge in [-0.1, -0.05) is 17.2 Å². The Balaban J connectivity index is 3.44. The van der Waals surface area contributed by atoms with E-state index in [-0.39, 0.29) is 5.08 Å². The summed E-state index contributed by atoms with van der Waals surface area (Å²) < 4.78 is 10.3. The predicted octanol–water partition coefficient (Wildman–Crippen LogP) is 1.86. The first kappa shape index (κ1) is 13.3. The maximum atomic E-state index is 9.82. The fourth-order valence-electron chi connectivity index (χ4n) is 0.736. The summed E-state index contributed by atoms with van der Waals surface area (Å²) in [6.07, 6.45) is 0.781. The van der Waals surface area contributed by atoms with Gasteiger partial charge in [-0.15, -0.1) is 0 Å². The van der Waals surface area contributed by atoms with E-state index in [0.29, 0.717) is 19.7 Å². The van der Waals surface area contributed by atoms with Gasteiger partial charge >= 0.3 is 0 Å². The van der Waals surface area contributed by atoms with Crippen molar-refractivity contribution in [3.05, 3.63) is 0 Å². The molecule has 0 aromatic rings. The number of ether oxygens (including phenoxy) is 2. The molecule has 13 heavy (non-hydrogen) atoms. The van der Waals surface area contributed by atoms with Gasteiger partial charge in [0.15, 0.2) is 0 Å². The monoisotopic (exact) mass is 224 g/mol. The highest BCUT2D eigenvalue weighted by atomic mass is 31.1. The summed E-state index contributed by atoms with van der Waals surface area (Å²) in [5.41, 5.74) is 0. The predicted molar refractivity (Wildman–Crippen MR) is 59.5 cm³/mol. The van der Waals surface area contributed by atoms with Crippen molar-refractivity contribution in [3.8, 4) is 0 Å². The average Bonchev–Trinajstić information content (AvgIpc) is 2.17. The van der Waals surface area contributed by atoms with Crippen LogP contribution in [0, 0.1) is 0 Å². The lowest BCUT2D eigenvalue weighted by Crippen LogP contribution is -2.17. The Kier molecular flexibility index (Phi) is 7.84. The normalized spacial score (nSPS) is 16.8. The molecule has 0 aromatic heterocycles. The molecule has 0 aliphatic heterocycles. The fraction of sp³-hybridized carbons (Fsp3) is 0.875. The highest BCUT2D eigenvalue weighted by molar-refractivity contribution is 7.58. The molecular weight excluding hydrogens is 206 g/mol. The van der Waals surface area contributed by atoms with Gasteiger partial charge in [0.25, 0.3) is 6.47 Å². The molecule has 0 aromatic carbocycles. The van der Waals surface area contributed by atoms with Crippen LogP contribution < -0.4 is 0 Å². The Labute approximate surface area is 83.5 Å². The summed E-state index contributed by atoms with van der Waals surface area (Å²) in [5, 5.41) is 0.0428. The van der Waals surface area contributed by atoms with Crippen molar-refractivity contribution in [1.29, 1.82) is 0 Å². The SMILES string of the molecule is CPC(C)(OCCCOC=O)PC. The topological polar surface area (TPSA) is 35.5 Å². The summed E-state index contributed by atoms with van der Waals surface area (Å²) >= 11 is 0. The number of hydrogen-bond acceptors (Lipinski definition) is 3. The molecule has 0 saturated carbocycles. The van der Waals surface area contributed by atoms with Crippen LogP contribution in [0.1, 0.15) is 13.3 Å². The van der Waals surface area contributed by atoms with Crippen LogP contribution in [0.25, 0.3) is 0 Å². The third-order valence-electron chi connectivity index (χ3n) is 1.82. The van der Waals surface area contributed by atoms with Crippen molar-refractivity contribution in [1.82, 2.24) is 0 Å². The zero-order valence-electron chi connectivity index (χ0n) is 8.42. The molecule has 5 heteroatoms. The van der Waals surface area contributed by atoms with Gasteiger partial charge < -0.3 is 9.47 Å². The molecule has 2 unspecified atom stereocenters. The van der Waals surface area contributed by atoms with Gasteiger partial charge in [-0.2, -0.15) is 0 Å². The summed E-state index contributed by atoms with van der Waals surface area (Å²) in [6, 6.07) is 0. The number of carbonyl (C=O) groups is 1. The third kappa shape index (κ3) is 6.37. The van der Waals surface area contributed by atoms with E-state index in [9.17, 15) is 4.79 Å². The van der Waals surface area contributed by atoms with E-state index in [1.807, 2.05) is 0 Å².